The molecular formula is C19H19ClFN4. The van der Waals surface area contributed by atoms with Gasteiger partial charge in [0, 0.05) is 40.0 Å². The number of hydrogen-bond donors (Lipinski definition) is 3. The molecule has 2 aromatic rings. The fourth-order valence-electron chi connectivity index (χ4n) is 3.42. The average Bonchev–Trinajstić information content (AvgIpc) is 2.62. The smallest absolute Gasteiger partial charge is 0.169 e. The predicted molar refractivity (Wildman–Crippen MR) is 100 cm³/mol. The molecule has 6 heteroatoms. The van der Waals surface area contributed by atoms with Crippen molar-refractivity contribution in [3.63, 3.8) is 0 Å². The maximum absolute atomic E-state index is 13.6. The fourth-order valence-corrected chi connectivity index (χ4v) is 3.60. The van der Waals surface area contributed by atoms with Gasteiger partial charge < -0.3 is 10.6 Å². The van der Waals surface area contributed by atoms with Gasteiger partial charge in [0.15, 0.2) is 12.6 Å². The number of nitrogens with one attached hydrogen (secondary N) is 3. The Hall–Kier alpha value is -2.11. The molecule has 3 atom stereocenters. The van der Waals surface area contributed by atoms with Crippen molar-refractivity contribution >= 4 is 29.3 Å². The summed E-state index contributed by atoms with van der Waals surface area (Å²) < 4.78 is 13.6. The van der Waals surface area contributed by atoms with Crippen LogP contribution in [0.4, 0.5) is 15.8 Å². The van der Waals surface area contributed by atoms with Gasteiger partial charge in [0.2, 0.25) is 0 Å². The molecule has 1 fully saturated rings. The van der Waals surface area contributed by atoms with Crippen molar-refractivity contribution in [3.05, 3.63) is 58.6 Å². The molecule has 4 nitrogen and oxygen atoms in total. The molecule has 2 heterocycles. The quantitative estimate of drug-likeness (QED) is 0.721. The van der Waals surface area contributed by atoms with Crippen molar-refractivity contribution < 1.29 is 4.39 Å². The van der Waals surface area contributed by atoms with Gasteiger partial charge in [-0.1, -0.05) is 29.8 Å². The molecule has 3 N–H and O–H groups in total. The van der Waals surface area contributed by atoms with Crippen molar-refractivity contribution in [2.45, 2.75) is 31.2 Å². The summed E-state index contributed by atoms with van der Waals surface area (Å²) in [5.41, 5.74) is 3.97. The summed E-state index contributed by atoms with van der Waals surface area (Å²) in [6.45, 7) is 0.679. The second kappa shape index (κ2) is 7.02. The van der Waals surface area contributed by atoms with E-state index in [9.17, 15) is 4.39 Å². The maximum atomic E-state index is 13.6. The topological polar surface area (TPSA) is 48.5 Å². The van der Waals surface area contributed by atoms with E-state index >= 15 is 0 Å². The van der Waals surface area contributed by atoms with Crippen LogP contribution in [-0.2, 0) is 0 Å². The number of rotatable bonds is 3. The summed E-state index contributed by atoms with van der Waals surface area (Å²) >= 11 is 6.19. The number of para-hydroxylation sites is 1. The largest absolute Gasteiger partial charge is 0.382 e. The molecule has 0 aliphatic carbocycles. The predicted octanol–water partition coefficient (Wildman–Crippen LogP) is 4.22. The fraction of sp³-hybridized carbons (Fsp3) is 0.316. The second-order valence-electron chi connectivity index (χ2n) is 6.37. The lowest BCUT2D eigenvalue weighted by molar-refractivity contribution is 0.213. The molecule has 1 saturated heterocycles. The van der Waals surface area contributed by atoms with Crippen LogP contribution in [0.2, 0.25) is 5.02 Å². The monoisotopic (exact) mass is 357 g/mol. The Morgan fingerprint density at radius 2 is 2.08 bits per heavy atom. The van der Waals surface area contributed by atoms with Crippen molar-refractivity contribution in [2.24, 2.45) is 4.99 Å². The van der Waals surface area contributed by atoms with Crippen LogP contribution in [0.5, 0.6) is 0 Å². The summed E-state index contributed by atoms with van der Waals surface area (Å²) in [5.74, 6) is 0. The zero-order chi connectivity index (χ0) is 17.2. The summed E-state index contributed by atoms with van der Waals surface area (Å²) in [5, 5.41) is 10.1. The Morgan fingerprint density at radius 1 is 1.20 bits per heavy atom. The van der Waals surface area contributed by atoms with Gasteiger partial charge in [-0.25, -0.2) is 4.39 Å². The lowest BCUT2D eigenvalue weighted by Gasteiger charge is -2.29. The summed E-state index contributed by atoms with van der Waals surface area (Å²) in [6, 6.07) is 13.6. The van der Waals surface area contributed by atoms with Crippen LogP contribution < -0.4 is 16.0 Å². The number of alkyl halides is 1. The highest BCUT2D eigenvalue weighted by atomic mass is 35.5. The highest BCUT2D eigenvalue weighted by Crippen LogP contribution is 2.38. The van der Waals surface area contributed by atoms with Gasteiger partial charge in [0.05, 0.1) is 0 Å². The van der Waals surface area contributed by atoms with Gasteiger partial charge in [0.25, 0.3) is 0 Å². The van der Waals surface area contributed by atoms with Crippen LogP contribution in [0.25, 0.3) is 0 Å². The molecule has 0 saturated carbocycles. The zero-order valence-corrected chi connectivity index (χ0v) is 14.4. The zero-order valence-electron chi connectivity index (χ0n) is 13.6. The van der Waals surface area contributed by atoms with E-state index in [1.54, 1.807) is 0 Å². The van der Waals surface area contributed by atoms with E-state index in [2.05, 4.69) is 27.3 Å². The van der Waals surface area contributed by atoms with E-state index < -0.39 is 6.30 Å². The molecule has 25 heavy (non-hydrogen) atoms. The number of hydrogen-bond acceptors (Lipinski definition) is 4. The van der Waals surface area contributed by atoms with Crippen LogP contribution in [0, 0.1) is 0 Å². The first-order valence-electron chi connectivity index (χ1n) is 8.44. The van der Waals surface area contributed by atoms with Gasteiger partial charge in [0.1, 0.15) is 6.04 Å². The Bertz CT molecular complexity index is 795. The van der Waals surface area contributed by atoms with Crippen LogP contribution in [0.1, 0.15) is 30.0 Å². The number of aliphatic imine (C=N–C) groups is 1. The van der Waals surface area contributed by atoms with Gasteiger partial charge in [-0.15, -0.1) is 0 Å². The first-order valence-corrected chi connectivity index (χ1v) is 8.82. The molecule has 129 valence electrons. The summed E-state index contributed by atoms with van der Waals surface area (Å²) in [6.07, 6.45) is 3.27. The molecule has 0 spiro atoms. The van der Waals surface area contributed by atoms with E-state index in [0.717, 1.165) is 28.9 Å². The molecule has 1 radical (unpaired) electrons. The minimum atomic E-state index is -0.955. The Balaban J connectivity index is 1.66. The second-order valence-corrected chi connectivity index (χ2v) is 6.81. The molecule has 0 bridgehead atoms. The molecule has 2 aliphatic heterocycles. The Morgan fingerprint density at radius 3 is 2.96 bits per heavy atom. The van der Waals surface area contributed by atoms with E-state index in [0.29, 0.717) is 18.0 Å². The molecule has 2 aliphatic rings. The highest BCUT2D eigenvalue weighted by molar-refractivity contribution is 6.30. The van der Waals surface area contributed by atoms with Gasteiger partial charge >= 0.3 is 0 Å². The number of benzene rings is 2. The van der Waals surface area contributed by atoms with E-state index in [-0.39, 0.29) is 12.1 Å². The van der Waals surface area contributed by atoms with Gasteiger partial charge in [-0.05, 0) is 37.2 Å². The number of fused-ring (bicyclic) bond motifs is 1. The van der Waals surface area contributed by atoms with Gasteiger partial charge in [-0.3, -0.25) is 10.3 Å². The third kappa shape index (κ3) is 3.48. The van der Waals surface area contributed by atoms with Crippen molar-refractivity contribution in [3.8, 4) is 0 Å². The first-order chi connectivity index (χ1) is 12.2. The van der Waals surface area contributed by atoms with Crippen LogP contribution in [0.15, 0.2) is 47.5 Å². The lowest BCUT2D eigenvalue weighted by Crippen LogP contribution is -2.40. The number of nitrogens with zero attached hydrogens (tertiary/aromatic N) is 1. The van der Waals surface area contributed by atoms with Crippen LogP contribution >= 0.6 is 11.6 Å². The standard InChI is InChI=1S/C19H19ClFN4/c20-12-5-6-16-15(9-12)19(24-11-23-16)14-3-1-2-4-17(14)25-13-7-8-22-18(21)10-13/h1-6,9,13,18-19,22,25H,7-8,10H2,(H,23,24). The third-order valence-electron chi connectivity index (χ3n) is 4.66. The minimum Gasteiger partial charge on any atom is -0.382 e. The number of anilines is 2. The molecular weight excluding hydrogens is 339 g/mol. The number of halogens is 2. The molecule has 0 aromatic heterocycles. The Labute approximate surface area is 151 Å². The Kier molecular flexibility index (Phi) is 4.59. The van der Waals surface area contributed by atoms with Crippen molar-refractivity contribution in [1.29, 1.82) is 0 Å². The molecule has 2 aromatic carbocycles. The highest BCUT2D eigenvalue weighted by Gasteiger charge is 2.25. The van der Waals surface area contributed by atoms with E-state index in [4.69, 9.17) is 11.6 Å². The molecule has 3 unspecified atom stereocenters. The number of piperidine rings is 1. The SMILES string of the molecule is FC1CC(Nc2ccccc2C2N=[C]Nc3ccc(Cl)cc32)CCN1. The normalized spacial score (nSPS) is 25.1. The lowest BCUT2D eigenvalue weighted by atomic mass is 9.94. The van der Waals surface area contributed by atoms with Crippen LogP contribution in [0.3, 0.4) is 0 Å². The van der Waals surface area contributed by atoms with Crippen molar-refractivity contribution in [1.82, 2.24) is 5.32 Å². The maximum Gasteiger partial charge on any atom is 0.169 e. The molecule has 0 amide bonds. The van der Waals surface area contributed by atoms with Crippen molar-refractivity contribution in [2.75, 3.05) is 17.2 Å². The van der Waals surface area contributed by atoms with E-state index in [1.807, 2.05) is 42.5 Å². The first kappa shape index (κ1) is 16.4. The van der Waals surface area contributed by atoms with E-state index in [1.165, 1.54) is 0 Å². The van der Waals surface area contributed by atoms with Crippen LogP contribution in [-0.4, -0.2) is 25.2 Å². The third-order valence-corrected chi connectivity index (χ3v) is 4.89. The summed E-state index contributed by atoms with van der Waals surface area (Å²) in [4.78, 5) is 4.50. The average molecular weight is 358 g/mol. The molecule has 4 rings (SSSR count). The minimum absolute atomic E-state index is 0.103. The summed E-state index contributed by atoms with van der Waals surface area (Å²) in [7, 11) is 0. The van der Waals surface area contributed by atoms with Gasteiger partial charge in [-0.2, -0.15) is 0 Å².